The molecular weight excluding hydrogens is 244 g/mol. The van der Waals surface area contributed by atoms with Gasteiger partial charge in [0, 0.05) is 41.6 Å². The Morgan fingerprint density at radius 1 is 1.44 bits per heavy atom. The number of fused-ring (bicyclic) bond motifs is 1. The topological polar surface area (TPSA) is 24.5 Å². The van der Waals surface area contributed by atoms with Crippen molar-refractivity contribution < 1.29 is 4.74 Å². The van der Waals surface area contributed by atoms with Gasteiger partial charge in [0.05, 0.1) is 18.9 Å². The molecule has 1 aliphatic rings. The lowest BCUT2D eigenvalue weighted by atomic mass is 10.2. The number of nitrogens with one attached hydrogen (secondary N) is 1. The molecule has 1 N–H and O–H groups in total. The monoisotopic (exact) mass is 262 g/mol. The molecule has 1 aliphatic heterocycles. The molecule has 1 atom stereocenters. The van der Waals surface area contributed by atoms with Gasteiger partial charge >= 0.3 is 0 Å². The molecule has 0 spiro atoms. The van der Waals surface area contributed by atoms with E-state index in [0.29, 0.717) is 6.04 Å². The molecule has 0 amide bonds. The normalized spacial score (nSPS) is 20.2. The zero-order valence-electron chi connectivity index (χ0n) is 10.6. The number of rotatable bonds is 3. The van der Waals surface area contributed by atoms with E-state index in [1.807, 2.05) is 11.3 Å². The molecule has 1 unspecified atom stereocenters. The SMILES string of the molecule is CN(CC1COCCN1)c1csc2ccccc12. The third-order valence-electron chi connectivity index (χ3n) is 3.36. The van der Waals surface area contributed by atoms with Gasteiger partial charge in [0.2, 0.25) is 0 Å². The fraction of sp³-hybridized carbons (Fsp3) is 0.429. The third kappa shape index (κ3) is 2.36. The molecule has 3 rings (SSSR count). The van der Waals surface area contributed by atoms with Crippen molar-refractivity contribution in [2.75, 3.05) is 38.3 Å². The second-order valence-electron chi connectivity index (χ2n) is 4.72. The van der Waals surface area contributed by atoms with Crippen molar-refractivity contribution in [1.29, 1.82) is 0 Å². The molecule has 96 valence electrons. The molecule has 1 fully saturated rings. The summed E-state index contributed by atoms with van der Waals surface area (Å²) in [7, 11) is 2.16. The van der Waals surface area contributed by atoms with Crippen LogP contribution in [0, 0.1) is 0 Å². The first-order valence-electron chi connectivity index (χ1n) is 6.33. The largest absolute Gasteiger partial charge is 0.378 e. The summed E-state index contributed by atoms with van der Waals surface area (Å²) < 4.78 is 6.86. The van der Waals surface area contributed by atoms with Crippen molar-refractivity contribution >= 4 is 27.1 Å². The molecule has 4 heteroatoms. The van der Waals surface area contributed by atoms with Gasteiger partial charge in [-0.2, -0.15) is 0 Å². The van der Waals surface area contributed by atoms with Gasteiger partial charge in [-0.3, -0.25) is 0 Å². The van der Waals surface area contributed by atoms with E-state index in [4.69, 9.17) is 4.74 Å². The van der Waals surface area contributed by atoms with Crippen LogP contribution in [0.5, 0.6) is 0 Å². The van der Waals surface area contributed by atoms with Gasteiger partial charge < -0.3 is 15.0 Å². The summed E-state index contributed by atoms with van der Waals surface area (Å²) in [6, 6.07) is 9.01. The van der Waals surface area contributed by atoms with E-state index >= 15 is 0 Å². The van der Waals surface area contributed by atoms with E-state index in [1.54, 1.807) is 0 Å². The third-order valence-corrected chi connectivity index (χ3v) is 4.32. The Kier molecular flexibility index (Phi) is 3.50. The number of hydrogen-bond acceptors (Lipinski definition) is 4. The summed E-state index contributed by atoms with van der Waals surface area (Å²) >= 11 is 1.81. The van der Waals surface area contributed by atoms with Crippen molar-refractivity contribution in [3.63, 3.8) is 0 Å². The summed E-state index contributed by atoms with van der Waals surface area (Å²) in [5.41, 5.74) is 1.32. The minimum atomic E-state index is 0.433. The van der Waals surface area contributed by atoms with E-state index in [1.165, 1.54) is 15.8 Å². The maximum atomic E-state index is 5.50. The van der Waals surface area contributed by atoms with Crippen LogP contribution in [0.4, 0.5) is 5.69 Å². The molecule has 1 aromatic carbocycles. The van der Waals surface area contributed by atoms with Crippen LogP contribution >= 0.6 is 11.3 Å². The van der Waals surface area contributed by atoms with Crippen LogP contribution in [-0.4, -0.2) is 39.4 Å². The number of thiophene rings is 1. The van der Waals surface area contributed by atoms with Crippen molar-refractivity contribution in [1.82, 2.24) is 5.32 Å². The molecule has 0 bridgehead atoms. The second-order valence-corrected chi connectivity index (χ2v) is 5.63. The Bertz CT molecular complexity index is 519. The lowest BCUT2D eigenvalue weighted by Gasteiger charge is -2.29. The van der Waals surface area contributed by atoms with Gasteiger partial charge in [-0.1, -0.05) is 18.2 Å². The number of morpholine rings is 1. The summed E-state index contributed by atoms with van der Waals surface area (Å²) in [5, 5.41) is 7.09. The number of ether oxygens (including phenoxy) is 1. The zero-order chi connectivity index (χ0) is 12.4. The number of hydrogen-bond donors (Lipinski definition) is 1. The first-order valence-corrected chi connectivity index (χ1v) is 7.21. The van der Waals surface area contributed by atoms with Crippen LogP contribution in [0.15, 0.2) is 29.6 Å². The summed E-state index contributed by atoms with van der Waals surface area (Å²) in [6.45, 7) is 3.59. The molecule has 2 heterocycles. The van der Waals surface area contributed by atoms with Crippen LogP contribution < -0.4 is 10.2 Å². The highest BCUT2D eigenvalue weighted by Gasteiger charge is 2.16. The molecule has 0 saturated carbocycles. The Labute approximate surface area is 111 Å². The Balaban J connectivity index is 1.76. The molecule has 18 heavy (non-hydrogen) atoms. The van der Waals surface area contributed by atoms with Gasteiger partial charge in [0.1, 0.15) is 0 Å². The molecule has 2 aromatic rings. The molecular formula is C14H18N2OS. The number of likely N-dealkylation sites (N-methyl/N-ethyl adjacent to an activating group) is 1. The minimum absolute atomic E-state index is 0.433. The predicted molar refractivity (Wildman–Crippen MR) is 77.7 cm³/mol. The molecule has 0 radical (unpaired) electrons. The lowest BCUT2D eigenvalue weighted by Crippen LogP contribution is -2.47. The van der Waals surface area contributed by atoms with Gasteiger partial charge in [-0.15, -0.1) is 11.3 Å². The molecule has 3 nitrogen and oxygen atoms in total. The zero-order valence-corrected chi connectivity index (χ0v) is 11.4. The van der Waals surface area contributed by atoms with Crippen LogP contribution in [0.3, 0.4) is 0 Å². The fourth-order valence-electron chi connectivity index (χ4n) is 2.43. The standard InChI is InChI=1S/C14H18N2OS/c1-16(8-11-9-17-7-6-15-11)13-10-18-14-5-3-2-4-12(13)14/h2-5,10-11,15H,6-9H2,1H3. The Morgan fingerprint density at radius 3 is 3.17 bits per heavy atom. The summed E-state index contributed by atoms with van der Waals surface area (Å²) in [6.07, 6.45) is 0. The quantitative estimate of drug-likeness (QED) is 0.919. The minimum Gasteiger partial charge on any atom is -0.378 e. The molecule has 1 aromatic heterocycles. The van der Waals surface area contributed by atoms with Crippen molar-refractivity contribution in [3.8, 4) is 0 Å². The number of nitrogens with zero attached hydrogens (tertiary/aromatic N) is 1. The second kappa shape index (κ2) is 5.26. The number of benzene rings is 1. The highest BCUT2D eigenvalue weighted by Crippen LogP contribution is 2.32. The van der Waals surface area contributed by atoms with E-state index in [-0.39, 0.29) is 0 Å². The van der Waals surface area contributed by atoms with E-state index in [2.05, 4.69) is 46.9 Å². The predicted octanol–water partition coefficient (Wildman–Crippen LogP) is 2.33. The molecule has 1 saturated heterocycles. The highest BCUT2D eigenvalue weighted by atomic mass is 32.1. The smallest absolute Gasteiger partial charge is 0.0637 e. The van der Waals surface area contributed by atoms with Crippen molar-refractivity contribution in [3.05, 3.63) is 29.6 Å². The molecule has 0 aliphatic carbocycles. The Hall–Kier alpha value is -1.10. The first kappa shape index (κ1) is 12.0. The van der Waals surface area contributed by atoms with Gasteiger partial charge in [-0.05, 0) is 6.07 Å². The van der Waals surface area contributed by atoms with Crippen LogP contribution in [-0.2, 0) is 4.74 Å². The van der Waals surface area contributed by atoms with E-state index in [0.717, 1.165) is 26.3 Å². The van der Waals surface area contributed by atoms with Crippen LogP contribution in [0.25, 0.3) is 10.1 Å². The van der Waals surface area contributed by atoms with Crippen molar-refractivity contribution in [2.24, 2.45) is 0 Å². The van der Waals surface area contributed by atoms with Gasteiger partial charge in [-0.25, -0.2) is 0 Å². The number of anilines is 1. The highest BCUT2D eigenvalue weighted by molar-refractivity contribution is 7.17. The van der Waals surface area contributed by atoms with Gasteiger partial charge in [0.15, 0.2) is 0 Å². The average Bonchev–Trinajstić information content (AvgIpc) is 2.84. The van der Waals surface area contributed by atoms with Crippen LogP contribution in [0.2, 0.25) is 0 Å². The van der Waals surface area contributed by atoms with Gasteiger partial charge in [0.25, 0.3) is 0 Å². The average molecular weight is 262 g/mol. The van der Waals surface area contributed by atoms with E-state index < -0.39 is 0 Å². The lowest BCUT2D eigenvalue weighted by molar-refractivity contribution is 0.0791. The van der Waals surface area contributed by atoms with Crippen LogP contribution in [0.1, 0.15) is 0 Å². The Morgan fingerprint density at radius 2 is 2.33 bits per heavy atom. The first-order chi connectivity index (χ1) is 8.84. The fourth-order valence-corrected chi connectivity index (χ4v) is 3.43. The van der Waals surface area contributed by atoms with Crippen molar-refractivity contribution in [2.45, 2.75) is 6.04 Å². The summed E-state index contributed by atoms with van der Waals surface area (Å²) in [5.74, 6) is 0. The van der Waals surface area contributed by atoms with E-state index in [9.17, 15) is 0 Å². The maximum absolute atomic E-state index is 5.50. The summed E-state index contributed by atoms with van der Waals surface area (Å²) in [4.78, 5) is 2.32. The maximum Gasteiger partial charge on any atom is 0.0637 e.